The maximum atomic E-state index is 14.0. The lowest BCUT2D eigenvalue weighted by Crippen LogP contribution is -2.64. The second-order valence-electron chi connectivity index (χ2n) is 13.0. The Morgan fingerprint density at radius 1 is 0.913 bits per heavy atom. The molecular weight excluding hydrogens is 590 g/mol. The summed E-state index contributed by atoms with van der Waals surface area (Å²) >= 11 is 0. The fraction of sp³-hybridized carbons (Fsp3) is 0.444. The second-order valence-corrected chi connectivity index (χ2v) is 13.0. The summed E-state index contributed by atoms with van der Waals surface area (Å²) in [4.78, 5) is 27.2. The molecule has 0 bridgehead atoms. The molecule has 0 saturated carbocycles. The Labute approximate surface area is 268 Å². The van der Waals surface area contributed by atoms with Gasteiger partial charge in [0.2, 0.25) is 5.91 Å². The van der Waals surface area contributed by atoms with Gasteiger partial charge >= 0.3 is 5.97 Å². The Morgan fingerprint density at radius 3 is 2.11 bits per heavy atom. The Bertz CT molecular complexity index is 1500. The van der Waals surface area contributed by atoms with Crippen LogP contribution in [0.15, 0.2) is 72.8 Å². The molecule has 3 aromatic carbocycles. The van der Waals surface area contributed by atoms with Crippen molar-refractivity contribution in [3.63, 3.8) is 0 Å². The molecule has 2 aliphatic heterocycles. The van der Waals surface area contributed by atoms with Crippen LogP contribution in [0.25, 0.3) is 0 Å². The molecule has 5 N–H and O–H groups in total. The van der Waals surface area contributed by atoms with Crippen LogP contribution in [0.3, 0.4) is 0 Å². The fourth-order valence-corrected chi connectivity index (χ4v) is 6.25. The van der Waals surface area contributed by atoms with Crippen LogP contribution < -0.4 is 9.64 Å². The lowest BCUT2D eigenvalue weighted by molar-refractivity contribution is -0.228. The van der Waals surface area contributed by atoms with Crippen molar-refractivity contribution in [2.24, 2.45) is 0 Å². The van der Waals surface area contributed by atoms with Gasteiger partial charge in [-0.3, -0.25) is 4.79 Å². The van der Waals surface area contributed by atoms with Crippen LogP contribution in [-0.2, 0) is 32.6 Å². The number of anilines is 1. The first kappa shape index (κ1) is 33.6. The highest BCUT2D eigenvalue weighted by Gasteiger charge is 2.53. The summed E-state index contributed by atoms with van der Waals surface area (Å²) in [5.74, 6) is -0.717. The van der Waals surface area contributed by atoms with E-state index >= 15 is 0 Å². The molecule has 2 aliphatic rings. The molecule has 0 aliphatic carbocycles. The molecule has 2 saturated heterocycles. The quantitative estimate of drug-likeness (QED) is 0.189. The third-order valence-corrected chi connectivity index (χ3v) is 9.24. The zero-order chi connectivity index (χ0) is 33.2. The van der Waals surface area contributed by atoms with E-state index in [1.807, 2.05) is 31.2 Å². The SMILES string of the molecule is Cc1ccc(CCC[C@]2(c3ccc(C[C@H]4O[C@H](CO)[C@@H](O)[C@H](O)[C@H]4O)cc3)CN(c3ccc(OC(C)(C)C(=O)O)cc3)C2=O)cc1. The first-order chi connectivity index (χ1) is 21.8. The highest BCUT2D eigenvalue weighted by molar-refractivity contribution is 6.08. The number of amides is 1. The number of hydrogen-bond acceptors (Lipinski definition) is 8. The number of carbonyl (C=O) groups excluding carboxylic acids is 1. The number of aryl methyl sites for hydroxylation is 2. The molecule has 246 valence electrons. The number of benzene rings is 3. The molecular formula is C36H43NO9. The summed E-state index contributed by atoms with van der Waals surface area (Å²) in [7, 11) is 0. The van der Waals surface area contributed by atoms with Crippen LogP contribution in [0.4, 0.5) is 5.69 Å². The zero-order valence-electron chi connectivity index (χ0n) is 26.4. The predicted octanol–water partition coefficient (Wildman–Crippen LogP) is 2.93. The minimum atomic E-state index is -1.44. The third kappa shape index (κ3) is 6.82. The van der Waals surface area contributed by atoms with Gasteiger partial charge in [-0.2, -0.15) is 0 Å². The topological polar surface area (TPSA) is 157 Å². The van der Waals surface area contributed by atoms with Crippen LogP contribution >= 0.6 is 0 Å². The van der Waals surface area contributed by atoms with Gasteiger partial charge in [-0.1, -0.05) is 54.1 Å². The van der Waals surface area contributed by atoms with Crippen molar-refractivity contribution >= 4 is 17.6 Å². The number of nitrogens with zero attached hydrogens (tertiary/aromatic N) is 1. The van der Waals surface area contributed by atoms with Crippen molar-refractivity contribution in [1.82, 2.24) is 0 Å². The Morgan fingerprint density at radius 2 is 1.52 bits per heavy atom. The van der Waals surface area contributed by atoms with Crippen molar-refractivity contribution in [3.8, 4) is 5.75 Å². The maximum absolute atomic E-state index is 14.0. The fourth-order valence-electron chi connectivity index (χ4n) is 6.25. The Balaban J connectivity index is 1.33. The number of carboxylic acid groups (broad SMARTS) is 1. The van der Waals surface area contributed by atoms with Crippen molar-refractivity contribution in [3.05, 3.63) is 95.1 Å². The molecule has 2 fully saturated rings. The van der Waals surface area contributed by atoms with Crippen molar-refractivity contribution in [2.45, 2.75) is 88.0 Å². The summed E-state index contributed by atoms with van der Waals surface area (Å²) in [5, 5.41) is 49.7. The van der Waals surface area contributed by atoms with E-state index in [0.717, 1.165) is 24.0 Å². The highest BCUT2D eigenvalue weighted by atomic mass is 16.5. The molecule has 10 heteroatoms. The van der Waals surface area contributed by atoms with Gasteiger partial charge in [0.15, 0.2) is 5.60 Å². The molecule has 1 amide bonds. The van der Waals surface area contributed by atoms with Gasteiger partial charge in [-0.15, -0.1) is 0 Å². The van der Waals surface area contributed by atoms with Crippen LogP contribution in [0.2, 0.25) is 0 Å². The summed E-state index contributed by atoms with van der Waals surface area (Å²) in [6, 6.07) is 22.8. The van der Waals surface area contributed by atoms with Gasteiger partial charge in [0.1, 0.15) is 30.2 Å². The van der Waals surface area contributed by atoms with Crippen molar-refractivity contribution < 1.29 is 44.6 Å². The largest absolute Gasteiger partial charge is 0.478 e. The molecule has 0 unspecified atom stereocenters. The van der Waals surface area contributed by atoms with E-state index in [9.17, 15) is 35.1 Å². The van der Waals surface area contributed by atoms with Gasteiger partial charge < -0.3 is 39.9 Å². The van der Waals surface area contributed by atoms with Crippen LogP contribution in [-0.4, -0.2) is 86.7 Å². The van der Waals surface area contributed by atoms with Crippen LogP contribution in [0.1, 0.15) is 48.9 Å². The standard InChI is InChI=1S/C36H43NO9/c1-22-6-8-23(9-7-22)5-4-18-36(21-37(33(36)42)26-14-16-27(17-15-26)46-35(2,3)34(43)44)25-12-10-24(11-13-25)19-28-30(39)32(41)31(40)29(20-38)45-28/h6-17,28-32,38-41H,4-5,18-21H2,1-3H3,(H,43,44)/t28-,29-,30+,31-,32-,36-/m1/s1. The minimum Gasteiger partial charge on any atom is -0.478 e. The number of hydrogen-bond donors (Lipinski definition) is 5. The number of β-lactam (4-membered cyclic amide) rings is 1. The van der Waals surface area contributed by atoms with E-state index in [-0.39, 0.29) is 12.3 Å². The molecule has 0 spiro atoms. The average Bonchev–Trinajstić information content (AvgIpc) is 3.04. The lowest BCUT2D eigenvalue weighted by atomic mass is 9.68. The molecule has 2 heterocycles. The normalized spacial score (nSPS) is 26.5. The third-order valence-electron chi connectivity index (χ3n) is 9.24. The number of aliphatic hydroxyl groups excluding tert-OH is 4. The summed E-state index contributed by atoms with van der Waals surface area (Å²) in [6.45, 7) is 4.98. The van der Waals surface area contributed by atoms with E-state index in [2.05, 4.69) is 24.3 Å². The van der Waals surface area contributed by atoms with Gasteiger partial charge in [-0.05, 0) is 81.0 Å². The monoisotopic (exact) mass is 633 g/mol. The summed E-state index contributed by atoms with van der Waals surface area (Å²) in [6.07, 6.45) is -3.45. The van der Waals surface area contributed by atoms with E-state index in [1.165, 1.54) is 25.0 Å². The van der Waals surface area contributed by atoms with Gasteiger partial charge in [0, 0.05) is 18.7 Å². The van der Waals surface area contributed by atoms with Crippen LogP contribution in [0, 0.1) is 6.92 Å². The summed E-state index contributed by atoms with van der Waals surface area (Å²) in [5.41, 5.74) is 2.64. The van der Waals surface area contributed by atoms with Gasteiger partial charge in [-0.25, -0.2) is 4.79 Å². The number of rotatable bonds is 12. The van der Waals surface area contributed by atoms with Crippen molar-refractivity contribution in [2.75, 3.05) is 18.1 Å². The molecule has 6 atom stereocenters. The number of carbonyl (C=O) groups is 2. The zero-order valence-corrected chi connectivity index (χ0v) is 26.4. The lowest BCUT2D eigenvalue weighted by Gasteiger charge is -2.49. The minimum absolute atomic E-state index is 0.0300. The first-order valence-corrected chi connectivity index (χ1v) is 15.6. The van der Waals surface area contributed by atoms with E-state index in [0.29, 0.717) is 24.4 Å². The van der Waals surface area contributed by atoms with Gasteiger partial charge in [0.25, 0.3) is 0 Å². The molecule has 10 nitrogen and oxygen atoms in total. The summed E-state index contributed by atoms with van der Waals surface area (Å²) < 4.78 is 11.3. The molecule has 0 radical (unpaired) electrons. The molecule has 0 aromatic heterocycles. The van der Waals surface area contributed by atoms with E-state index < -0.39 is 54.1 Å². The van der Waals surface area contributed by atoms with E-state index in [1.54, 1.807) is 29.2 Å². The smallest absolute Gasteiger partial charge is 0.347 e. The predicted molar refractivity (Wildman–Crippen MR) is 171 cm³/mol. The average molecular weight is 634 g/mol. The number of aliphatic hydroxyl groups is 4. The van der Waals surface area contributed by atoms with Crippen molar-refractivity contribution in [1.29, 1.82) is 0 Å². The van der Waals surface area contributed by atoms with Gasteiger partial charge in [0.05, 0.1) is 18.1 Å². The molecule has 5 rings (SSSR count). The maximum Gasteiger partial charge on any atom is 0.347 e. The number of carboxylic acids is 1. The Kier molecular flexibility index (Phi) is 9.86. The molecule has 3 aromatic rings. The Hall–Kier alpha value is -3.80. The van der Waals surface area contributed by atoms with E-state index in [4.69, 9.17) is 9.47 Å². The van der Waals surface area contributed by atoms with Crippen LogP contribution in [0.5, 0.6) is 5.75 Å². The number of ether oxygens (including phenoxy) is 2. The highest BCUT2D eigenvalue weighted by Crippen LogP contribution is 2.43. The molecule has 46 heavy (non-hydrogen) atoms. The number of aliphatic carboxylic acids is 1. The first-order valence-electron chi connectivity index (χ1n) is 15.6. The second kappa shape index (κ2) is 13.5.